The summed E-state index contributed by atoms with van der Waals surface area (Å²) in [4.78, 5) is 35.6. The lowest BCUT2D eigenvalue weighted by molar-refractivity contribution is -0.129. The molecular formula is C16H15N3O5. The van der Waals surface area contributed by atoms with E-state index in [9.17, 15) is 19.5 Å². The van der Waals surface area contributed by atoms with Crippen LogP contribution in [0.3, 0.4) is 0 Å². The number of fused-ring (bicyclic) bond motifs is 1. The molecule has 0 bridgehead atoms. The predicted octanol–water partition coefficient (Wildman–Crippen LogP) is 1.17. The van der Waals surface area contributed by atoms with Gasteiger partial charge in [0.15, 0.2) is 5.69 Å². The van der Waals surface area contributed by atoms with Crippen LogP contribution in [-0.4, -0.2) is 49.3 Å². The van der Waals surface area contributed by atoms with Crippen molar-refractivity contribution in [1.29, 1.82) is 0 Å². The highest BCUT2D eigenvalue weighted by atomic mass is 16.4. The topological polar surface area (TPSA) is 113 Å². The zero-order valence-electron chi connectivity index (χ0n) is 12.9. The molecule has 0 atom stereocenters. The molecule has 0 aliphatic carbocycles. The molecule has 1 aromatic carbocycles. The van der Waals surface area contributed by atoms with Crippen molar-refractivity contribution >= 4 is 17.8 Å². The quantitative estimate of drug-likeness (QED) is 0.874. The summed E-state index contributed by atoms with van der Waals surface area (Å²) in [5.41, 5.74) is 1.89. The van der Waals surface area contributed by atoms with Crippen molar-refractivity contribution in [2.45, 2.75) is 19.9 Å². The maximum atomic E-state index is 11.6. The Morgan fingerprint density at radius 3 is 2.29 bits per heavy atom. The van der Waals surface area contributed by atoms with Crippen molar-refractivity contribution < 1.29 is 24.6 Å². The third-order valence-electron chi connectivity index (χ3n) is 4.06. The lowest BCUT2D eigenvalue weighted by Gasteiger charge is -2.26. The van der Waals surface area contributed by atoms with Crippen LogP contribution in [0.4, 0.5) is 0 Å². The van der Waals surface area contributed by atoms with E-state index in [-0.39, 0.29) is 23.7 Å². The molecular weight excluding hydrogens is 314 g/mol. The van der Waals surface area contributed by atoms with Gasteiger partial charge in [0, 0.05) is 32.0 Å². The van der Waals surface area contributed by atoms with Gasteiger partial charge in [0.1, 0.15) is 0 Å². The van der Waals surface area contributed by atoms with E-state index < -0.39 is 11.9 Å². The molecule has 0 unspecified atom stereocenters. The first-order valence-electron chi connectivity index (χ1n) is 7.31. The molecule has 0 saturated heterocycles. The zero-order valence-corrected chi connectivity index (χ0v) is 12.9. The van der Waals surface area contributed by atoms with Gasteiger partial charge in [-0.05, 0) is 24.3 Å². The van der Waals surface area contributed by atoms with Crippen LogP contribution in [0.2, 0.25) is 0 Å². The van der Waals surface area contributed by atoms with Gasteiger partial charge in [0.25, 0.3) is 0 Å². The van der Waals surface area contributed by atoms with Gasteiger partial charge in [-0.1, -0.05) is 0 Å². The number of aromatic nitrogens is 2. The van der Waals surface area contributed by atoms with Crippen molar-refractivity contribution in [2.75, 3.05) is 6.54 Å². The number of rotatable bonds is 3. The van der Waals surface area contributed by atoms with Gasteiger partial charge in [-0.15, -0.1) is 0 Å². The van der Waals surface area contributed by atoms with Gasteiger partial charge in [-0.3, -0.25) is 4.79 Å². The molecule has 1 aliphatic heterocycles. The Balaban J connectivity index is 2.07. The third kappa shape index (κ3) is 2.62. The Hall–Kier alpha value is -3.16. The maximum Gasteiger partial charge on any atom is 0.356 e. The Labute approximate surface area is 136 Å². The van der Waals surface area contributed by atoms with Crippen LogP contribution >= 0.6 is 0 Å². The SMILES string of the molecule is CC(=O)N1CCc2c(c(C(=O)O)nn2-c2ccc(C(=O)O)cc2)C1. The number of amides is 1. The van der Waals surface area contributed by atoms with E-state index in [1.807, 2.05) is 0 Å². The number of carbonyl (C=O) groups is 3. The summed E-state index contributed by atoms with van der Waals surface area (Å²) in [6.07, 6.45) is 0.482. The number of hydrogen-bond acceptors (Lipinski definition) is 4. The average molecular weight is 329 g/mol. The Morgan fingerprint density at radius 1 is 1.08 bits per heavy atom. The largest absolute Gasteiger partial charge is 0.478 e. The van der Waals surface area contributed by atoms with Crippen molar-refractivity contribution in [2.24, 2.45) is 0 Å². The van der Waals surface area contributed by atoms with E-state index in [1.54, 1.807) is 17.0 Å². The van der Waals surface area contributed by atoms with E-state index in [0.29, 0.717) is 24.2 Å². The molecule has 0 spiro atoms. The number of nitrogens with zero attached hydrogens (tertiary/aromatic N) is 3. The zero-order chi connectivity index (χ0) is 17.4. The molecule has 1 aliphatic rings. The predicted molar refractivity (Wildman–Crippen MR) is 82.3 cm³/mol. The van der Waals surface area contributed by atoms with Crippen molar-refractivity contribution in [3.05, 3.63) is 46.8 Å². The molecule has 0 saturated carbocycles. The summed E-state index contributed by atoms with van der Waals surface area (Å²) in [7, 11) is 0. The van der Waals surface area contributed by atoms with E-state index in [2.05, 4.69) is 5.10 Å². The average Bonchev–Trinajstić information content (AvgIpc) is 2.93. The smallest absolute Gasteiger partial charge is 0.356 e. The van der Waals surface area contributed by atoms with Crippen LogP contribution in [0, 0.1) is 0 Å². The monoisotopic (exact) mass is 329 g/mol. The fraction of sp³-hybridized carbons (Fsp3) is 0.250. The summed E-state index contributed by atoms with van der Waals surface area (Å²) in [6, 6.07) is 6.05. The summed E-state index contributed by atoms with van der Waals surface area (Å²) in [5, 5.41) is 22.5. The Kier molecular flexibility index (Phi) is 3.80. The highest BCUT2D eigenvalue weighted by Crippen LogP contribution is 2.25. The molecule has 24 heavy (non-hydrogen) atoms. The van der Waals surface area contributed by atoms with E-state index in [1.165, 1.54) is 23.7 Å². The molecule has 2 N–H and O–H groups in total. The minimum atomic E-state index is -1.16. The van der Waals surface area contributed by atoms with Gasteiger partial charge in [0.2, 0.25) is 5.91 Å². The van der Waals surface area contributed by atoms with Crippen LogP contribution in [0.5, 0.6) is 0 Å². The van der Waals surface area contributed by atoms with Gasteiger partial charge >= 0.3 is 11.9 Å². The summed E-state index contributed by atoms with van der Waals surface area (Å²) in [6.45, 7) is 2.14. The van der Waals surface area contributed by atoms with Gasteiger partial charge in [-0.25, -0.2) is 14.3 Å². The minimum absolute atomic E-state index is 0.0849. The number of aromatic carboxylic acids is 2. The second-order valence-corrected chi connectivity index (χ2v) is 5.53. The number of carboxylic acid groups (broad SMARTS) is 2. The molecule has 0 radical (unpaired) electrons. The number of benzene rings is 1. The van der Waals surface area contributed by atoms with Crippen LogP contribution in [-0.2, 0) is 17.8 Å². The van der Waals surface area contributed by atoms with Crippen LogP contribution in [0.15, 0.2) is 24.3 Å². The second-order valence-electron chi connectivity index (χ2n) is 5.53. The lowest BCUT2D eigenvalue weighted by Crippen LogP contribution is -2.35. The van der Waals surface area contributed by atoms with Crippen LogP contribution < -0.4 is 0 Å². The number of carbonyl (C=O) groups excluding carboxylic acids is 1. The summed E-state index contributed by atoms with van der Waals surface area (Å²) in [5.74, 6) is -2.31. The van der Waals surface area contributed by atoms with Gasteiger partial charge < -0.3 is 15.1 Å². The first-order valence-corrected chi connectivity index (χ1v) is 7.31. The highest BCUT2D eigenvalue weighted by Gasteiger charge is 2.29. The molecule has 1 amide bonds. The van der Waals surface area contributed by atoms with E-state index >= 15 is 0 Å². The summed E-state index contributed by atoms with van der Waals surface area (Å²) >= 11 is 0. The molecule has 3 rings (SSSR count). The minimum Gasteiger partial charge on any atom is -0.478 e. The maximum absolute atomic E-state index is 11.6. The molecule has 2 aromatic rings. The van der Waals surface area contributed by atoms with Gasteiger partial charge in [-0.2, -0.15) is 5.10 Å². The molecule has 8 nitrogen and oxygen atoms in total. The molecule has 0 fully saturated rings. The van der Waals surface area contributed by atoms with E-state index in [0.717, 1.165) is 5.69 Å². The first-order chi connectivity index (χ1) is 11.4. The van der Waals surface area contributed by atoms with Crippen LogP contribution in [0.25, 0.3) is 5.69 Å². The summed E-state index contributed by atoms with van der Waals surface area (Å²) < 4.78 is 1.52. The number of hydrogen-bond donors (Lipinski definition) is 2. The third-order valence-corrected chi connectivity index (χ3v) is 4.06. The van der Waals surface area contributed by atoms with Crippen molar-refractivity contribution in [1.82, 2.24) is 14.7 Å². The standard InChI is InChI=1S/C16H15N3O5/c1-9(20)18-7-6-13-12(8-18)14(16(23)24)17-19(13)11-4-2-10(3-5-11)15(21)22/h2-5H,6-8H2,1H3,(H,21,22)(H,23,24). The molecule has 8 heteroatoms. The lowest BCUT2D eigenvalue weighted by atomic mass is 10.0. The van der Waals surface area contributed by atoms with E-state index in [4.69, 9.17) is 5.11 Å². The fourth-order valence-electron chi connectivity index (χ4n) is 2.82. The Morgan fingerprint density at radius 2 is 1.75 bits per heavy atom. The van der Waals surface area contributed by atoms with Gasteiger partial charge in [0.05, 0.1) is 16.9 Å². The van der Waals surface area contributed by atoms with Crippen molar-refractivity contribution in [3.8, 4) is 5.69 Å². The Bertz CT molecular complexity index is 838. The molecule has 1 aromatic heterocycles. The first kappa shape index (κ1) is 15.7. The number of carboxylic acids is 2. The molecule has 2 heterocycles. The fourth-order valence-corrected chi connectivity index (χ4v) is 2.82. The molecule has 124 valence electrons. The normalized spacial score (nSPS) is 13.5. The van der Waals surface area contributed by atoms with Crippen molar-refractivity contribution in [3.63, 3.8) is 0 Å². The van der Waals surface area contributed by atoms with Crippen LogP contribution in [0.1, 0.15) is 39.0 Å². The second kappa shape index (κ2) is 5.80. The highest BCUT2D eigenvalue weighted by molar-refractivity contribution is 5.88.